The molecule has 2 rings (SSSR count). The fraction of sp³-hybridized carbons (Fsp3) is 0.429. The number of carboxylic acids is 6. The van der Waals surface area contributed by atoms with Crippen LogP contribution in [0.2, 0.25) is 0 Å². The number of benzene rings is 1. The maximum atomic E-state index is 12.9. The van der Waals surface area contributed by atoms with E-state index >= 15 is 0 Å². The van der Waals surface area contributed by atoms with E-state index in [9.17, 15) is 69.0 Å². The highest BCUT2D eigenvalue weighted by molar-refractivity contribution is 5.94. The normalized spacial score (nSPS) is 11.2. The molecule has 0 unspecified atom stereocenters. The number of carbonyl (C=O) groups excluding carboxylic acids is 1. The molecule has 48 heavy (non-hydrogen) atoms. The highest BCUT2D eigenvalue weighted by Crippen LogP contribution is 2.35. The molecule has 20 heteroatoms. The van der Waals surface area contributed by atoms with E-state index in [4.69, 9.17) is 13.9 Å². The average molecular weight is 684 g/mol. The molecule has 1 aromatic heterocycles. The van der Waals surface area contributed by atoms with Crippen LogP contribution >= 0.6 is 0 Å². The van der Waals surface area contributed by atoms with Crippen molar-refractivity contribution in [3.63, 3.8) is 0 Å². The Kier molecular flexibility index (Phi) is 14.4. The minimum absolute atomic E-state index is 0.00252. The summed E-state index contributed by atoms with van der Waals surface area (Å²) in [6.45, 7) is -5.25. The van der Waals surface area contributed by atoms with E-state index in [0.717, 1.165) is 20.8 Å². The number of rotatable bonds is 22. The Morgan fingerprint density at radius 1 is 0.688 bits per heavy atom. The third-order valence-corrected chi connectivity index (χ3v) is 6.22. The smallest absolute Gasteiger partial charge is 0.351 e. The molecule has 0 bridgehead atoms. The first-order valence-corrected chi connectivity index (χ1v) is 13.9. The molecule has 20 nitrogen and oxygen atoms in total. The van der Waals surface area contributed by atoms with Gasteiger partial charge in [0.25, 0.3) is 0 Å². The van der Waals surface area contributed by atoms with E-state index < -0.39 is 112 Å². The Bertz CT molecular complexity index is 1570. The van der Waals surface area contributed by atoms with Crippen molar-refractivity contribution in [3.05, 3.63) is 39.2 Å². The lowest BCUT2D eigenvalue weighted by atomic mass is 10.0. The molecular weight excluding hydrogens is 650 g/mol. The van der Waals surface area contributed by atoms with Crippen molar-refractivity contribution in [1.29, 1.82) is 0 Å². The molecule has 0 spiro atoms. The highest BCUT2D eigenvalue weighted by atomic mass is 16.5. The van der Waals surface area contributed by atoms with Gasteiger partial charge in [0.1, 0.15) is 23.5 Å². The Labute approximate surface area is 269 Å². The van der Waals surface area contributed by atoms with Gasteiger partial charge >= 0.3 is 47.4 Å². The molecule has 1 heterocycles. The molecule has 0 amide bonds. The van der Waals surface area contributed by atoms with E-state index in [1.54, 1.807) is 0 Å². The molecule has 262 valence electrons. The molecule has 0 aliphatic carbocycles. The number of ether oxygens (including phenoxy) is 2. The minimum atomic E-state index is -1.45. The fourth-order valence-corrected chi connectivity index (χ4v) is 4.61. The second-order valence-corrected chi connectivity index (χ2v) is 10.1. The average Bonchev–Trinajstić information content (AvgIpc) is 2.92. The predicted octanol–water partition coefficient (Wildman–Crippen LogP) is -1.24. The van der Waals surface area contributed by atoms with Gasteiger partial charge in [-0.05, 0) is 19.1 Å². The maximum Gasteiger partial charge on any atom is 0.351 e. The minimum Gasteiger partial charge on any atom is -0.491 e. The first kappa shape index (κ1) is 38.6. The maximum absolute atomic E-state index is 12.9. The number of carbonyl (C=O) groups is 7. The summed E-state index contributed by atoms with van der Waals surface area (Å²) in [5, 5.41) is 56.0. The van der Waals surface area contributed by atoms with Crippen molar-refractivity contribution in [2.75, 3.05) is 59.0 Å². The van der Waals surface area contributed by atoms with Gasteiger partial charge in [-0.15, -0.1) is 0 Å². The van der Waals surface area contributed by atoms with E-state index in [0.29, 0.717) is 0 Å². The van der Waals surface area contributed by atoms with Gasteiger partial charge in [-0.3, -0.25) is 43.5 Å². The number of nitrogens with zero attached hydrogens (tertiary/aromatic N) is 3. The van der Waals surface area contributed by atoms with E-state index in [2.05, 4.69) is 0 Å². The van der Waals surface area contributed by atoms with Crippen molar-refractivity contribution in [2.45, 2.75) is 20.0 Å². The molecule has 1 aromatic carbocycles. The first-order valence-electron chi connectivity index (χ1n) is 13.9. The van der Waals surface area contributed by atoms with Gasteiger partial charge in [-0.25, -0.2) is 9.59 Å². The third-order valence-electron chi connectivity index (χ3n) is 6.22. The van der Waals surface area contributed by atoms with E-state index in [1.165, 1.54) is 13.0 Å². The van der Waals surface area contributed by atoms with Crippen LogP contribution in [0.25, 0.3) is 11.0 Å². The fourth-order valence-electron chi connectivity index (χ4n) is 4.61. The second-order valence-electron chi connectivity index (χ2n) is 10.1. The summed E-state index contributed by atoms with van der Waals surface area (Å²) in [6, 6.07) is 2.33. The molecule has 0 aliphatic rings. The van der Waals surface area contributed by atoms with Gasteiger partial charge in [-0.2, -0.15) is 0 Å². The monoisotopic (exact) mass is 683 g/mol. The van der Waals surface area contributed by atoms with Crippen LogP contribution in [0.4, 0.5) is 0 Å². The van der Waals surface area contributed by atoms with Gasteiger partial charge in [0.2, 0.25) is 0 Å². The molecule has 0 saturated carbocycles. The summed E-state index contributed by atoms with van der Waals surface area (Å²) in [4.78, 5) is 97.1. The van der Waals surface area contributed by atoms with Crippen molar-refractivity contribution in [3.8, 4) is 5.75 Å². The number of carboxylic acid groups (broad SMARTS) is 6. The zero-order chi connectivity index (χ0) is 36.1. The largest absolute Gasteiger partial charge is 0.491 e. The summed E-state index contributed by atoms with van der Waals surface area (Å²) in [7, 11) is 0. The number of fused-ring (bicyclic) bond motifs is 1. The van der Waals surface area contributed by atoms with Crippen molar-refractivity contribution in [1.82, 2.24) is 14.7 Å². The van der Waals surface area contributed by atoms with Crippen LogP contribution in [0.1, 0.15) is 28.4 Å². The Hall–Kier alpha value is -5.60. The van der Waals surface area contributed by atoms with Gasteiger partial charge in [0.15, 0.2) is 0 Å². The zero-order valence-electron chi connectivity index (χ0n) is 25.4. The summed E-state index contributed by atoms with van der Waals surface area (Å²) in [5.41, 5.74) is -2.25. The van der Waals surface area contributed by atoms with E-state index in [-0.39, 0.29) is 41.0 Å². The number of hydrogen-bond acceptors (Lipinski definition) is 14. The molecule has 0 radical (unpaired) electrons. The molecule has 0 saturated heterocycles. The van der Waals surface area contributed by atoms with E-state index in [1.807, 2.05) is 0 Å². The number of aliphatic carboxylic acids is 6. The third kappa shape index (κ3) is 12.3. The van der Waals surface area contributed by atoms with Gasteiger partial charge < -0.3 is 44.5 Å². The zero-order valence-corrected chi connectivity index (χ0v) is 25.4. The second kappa shape index (κ2) is 17.9. The highest BCUT2D eigenvalue weighted by Gasteiger charge is 2.27. The van der Waals surface area contributed by atoms with Crippen LogP contribution in [0.3, 0.4) is 0 Å². The number of hydrogen-bond donors (Lipinski definition) is 6. The Morgan fingerprint density at radius 2 is 1.15 bits per heavy atom. The molecule has 0 atom stereocenters. The first-order chi connectivity index (χ1) is 22.5. The Balaban J connectivity index is 2.89. The van der Waals surface area contributed by atoms with Crippen LogP contribution in [-0.4, -0.2) is 146 Å². The summed E-state index contributed by atoms with van der Waals surface area (Å²) in [5.74, 6) is -9.77. The SMILES string of the molecule is CCOC(=O)c1cc2cc(CN(CC(=O)O)CC(=O)O)c(OCCN(CC(=O)O)CC(=O)O)c(CN(CC(=O)O)CC(=O)O)c2oc1=O. The summed E-state index contributed by atoms with van der Waals surface area (Å²) in [6.07, 6.45) is 0. The molecular formula is C28H33N3O17. The van der Waals surface area contributed by atoms with Crippen LogP contribution in [-0.2, 0) is 46.6 Å². The molecule has 6 N–H and O–H groups in total. The molecule has 0 fully saturated rings. The topological polar surface area (TPSA) is 299 Å². The van der Waals surface area contributed by atoms with Gasteiger partial charge in [0.05, 0.1) is 51.4 Å². The van der Waals surface area contributed by atoms with Crippen LogP contribution in [0.15, 0.2) is 21.3 Å². The summed E-state index contributed by atoms with van der Waals surface area (Å²) < 4.78 is 16.2. The lowest BCUT2D eigenvalue weighted by molar-refractivity contribution is -0.144. The quantitative estimate of drug-likeness (QED) is 0.0624. The van der Waals surface area contributed by atoms with Crippen LogP contribution in [0.5, 0.6) is 5.75 Å². The summed E-state index contributed by atoms with van der Waals surface area (Å²) >= 11 is 0. The standard InChI is InChI=1S/C28H33N3O17/c1-2-46-27(44)17-6-15-5-16(7-30(11-21(36)37)12-22(38)39)25(47-4-3-29(9-19(32)33)10-20(34)35)18(26(15)48-28(17)45)8-31(13-23(40)41)14-24(42)43/h5-6H,2-4,7-14H2,1H3,(H,32,33)(H,34,35)(H,36,37)(H,38,39)(H,40,41)(H,42,43). The van der Waals surface area contributed by atoms with Gasteiger partial charge in [-0.1, -0.05) is 0 Å². The van der Waals surface area contributed by atoms with Crippen LogP contribution < -0.4 is 10.4 Å². The lowest BCUT2D eigenvalue weighted by Gasteiger charge is -2.26. The number of esters is 1. The molecule has 2 aromatic rings. The lowest BCUT2D eigenvalue weighted by Crippen LogP contribution is -2.37. The van der Waals surface area contributed by atoms with Gasteiger partial charge in [0, 0.05) is 30.6 Å². The van der Waals surface area contributed by atoms with Crippen LogP contribution in [0, 0.1) is 0 Å². The van der Waals surface area contributed by atoms with Crippen molar-refractivity contribution < 1.29 is 78.1 Å². The van der Waals surface area contributed by atoms with Crippen molar-refractivity contribution >= 4 is 52.8 Å². The Morgan fingerprint density at radius 3 is 1.60 bits per heavy atom. The van der Waals surface area contributed by atoms with Crippen molar-refractivity contribution in [2.24, 2.45) is 0 Å². The molecule has 0 aliphatic heterocycles. The predicted molar refractivity (Wildman–Crippen MR) is 157 cm³/mol.